The number of nitrogens with zero attached hydrogens (tertiary/aromatic N) is 1. The highest BCUT2D eigenvalue weighted by Crippen LogP contribution is 2.03. The summed E-state index contributed by atoms with van der Waals surface area (Å²) in [5, 5.41) is 4.10. The van der Waals surface area contributed by atoms with Gasteiger partial charge in [0, 0.05) is 7.11 Å². The van der Waals surface area contributed by atoms with Gasteiger partial charge in [0.1, 0.15) is 6.73 Å². The predicted molar refractivity (Wildman–Crippen MR) is 40.1 cm³/mol. The average molecular weight is 136 g/mol. The van der Waals surface area contributed by atoms with Crippen molar-refractivity contribution in [2.75, 3.05) is 13.8 Å². The number of hydrogen-bond donors (Lipinski definition) is 0. The van der Waals surface area contributed by atoms with Crippen LogP contribution in [0.4, 0.5) is 5.69 Å². The maximum Gasteiger partial charge on any atom is 0.137 e. The molecule has 0 saturated heterocycles. The van der Waals surface area contributed by atoms with Gasteiger partial charge in [-0.05, 0) is 12.1 Å². The summed E-state index contributed by atoms with van der Waals surface area (Å²) in [4.78, 5) is 0. The Bertz CT molecular complexity index is 174. The molecule has 0 aromatic heterocycles. The summed E-state index contributed by atoms with van der Waals surface area (Å²) in [6.45, 7) is 0.435. The third kappa shape index (κ3) is 2.07. The molecule has 0 aliphatic rings. The van der Waals surface area contributed by atoms with Crippen molar-refractivity contribution in [3.05, 3.63) is 30.3 Å². The molecule has 0 bridgehead atoms. The number of benzene rings is 1. The van der Waals surface area contributed by atoms with Crippen LogP contribution in [0, 0.1) is 0 Å². The van der Waals surface area contributed by atoms with Crippen LogP contribution in [0.2, 0.25) is 0 Å². The molecule has 0 amide bonds. The van der Waals surface area contributed by atoms with E-state index < -0.39 is 0 Å². The van der Waals surface area contributed by atoms with E-state index in [1.54, 1.807) is 7.11 Å². The summed E-state index contributed by atoms with van der Waals surface area (Å²) in [7, 11) is 1.63. The van der Waals surface area contributed by atoms with Gasteiger partial charge >= 0.3 is 0 Å². The summed E-state index contributed by atoms with van der Waals surface area (Å²) in [6, 6.07) is 9.76. The Morgan fingerprint density at radius 1 is 1.30 bits per heavy atom. The van der Waals surface area contributed by atoms with Gasteiger partial charge in [0.2, 0.25) is 0 Å². The molecule has 2 nitrogen and oxygen atoms in total. The Kier molecular flexibility index (Phi) is 2.77. The maximum atomic E-state index is 4.78. The van der Waals surface area contributed by atoms with Crippen molar-refractivity contribution in [3.8, 4) is 0 Å². The fourth-order valence-electron chi connectivity index (χ4n) is 0.672. The van der Waals surface area contributed by atoms with Crippen molar-refractivity contribution in [1.29, 1.82) is 0 Å². The van der Waals surface area contributed by atoms with Crippen LogP contribution >= 0.6 is 0 Å². The Hall–Kier alpha value is -1.02. The molecular formula is C8H10NO. The second-order valence-corrected chi connectivity index (χ2v) is 1.91. The van der Waals surface area contributed by atoms with Crippen molar-refractivity contribution >= 4 is 5.69 Å². The molecule has 0 unspecified atom stereocenters. The quantitative estimate of drug-likeness (QED) is 0.618. The van der Waals surface area contributed by atoms with Gasteiger partial charge in [0.25, 0.3) is 0 Å². The largest absolute Gasteiger partial charge is 0.363 e. The molecule has 1 aromatic carbocycles. The van der Waals surface area contributed by atoms with Crippen LogP contribution in [0.5, 0.6) is 0 Å². The first kappa shape index (κ1) is 7.09. The molecule has 53 valence electrons. The second-order valence-electron chi connectivity index (χ2n) is 1.91. The lowest BCUT2D eigenvalue weighted by atomic mass is 10.3. The highest BCUT2D eigenvalue weighted by atomic mass is 16.5. The van der Waals surface area contributed by atoms with E-state index in [0.29, 0.717) is 6.73 Å². The van der Waals surface area contributed by atoms with Crippen LogP contribution in [-0.2, 0) is 4.74 Å². The van der Waals surface area contributed by atoms with Gasteiger partial charge in [0.05, 0.1) is 5.69 Å². The van der Waals surface area contributed by atoms with Crippen LogP contribution in [-0.4, -0.2) is 13.8 Å². The summed E-state index contributed by atoms with van der Waals surface area (Å²) in [6.07, 6.45) is 0. The van der Waals surface area contributed by atoms with E-state index in [0.717, 1.165) is 5.69 Å². The van der Waals surface area contributed by atoms with Crippen molar-refractivity contribution in [2.45, 2.75) is 0 Å². The van der Waals surface area contributed by atoms with Crippen molar-refractivity contribution in [2.24, 2.45) is 0 Å². The van der Waals surface area contributed by atoms with Crippen molar-refractivity contribution in [3.63, 3.8) is 0 Å². The number of rotatable bonds is 3. The second kappa shape index (κ2) is 3.90. The third-order valence-corrected chi connectivity index (χ3v) is 1.13. The van der Waals surface area contributed by atoms with Crippen molar-refractivity contribution in [1.82, 2.24) is 5.32 Å². The monoisotopic (exact) mass is 136 g/mol. The molecule has 1 aromatic rings. The van der Waals surface area contributed by atoms with E-state index in [2.05, 4.69) is 5.32 Å². The number of para-hydroxylation sites is 1. The first-order valence-corrected chi connectivity index (χ1v) is 3.15. The first-order valence-electron chi connectivity index (χ1n) is 3.15. The van der Waals surface area contributed by atoms with E-state index in [-0.39, 0.29) is 0 Å². The molecule has 0 heterocycles. The number of hydrogen-bond acceptors (Lipinski definition) is 1. The van der Waals surface area contributed by atoms with Crippen LogP contribution < -0.4 is 5.32 Å². The average Bonchev–Trinajstić information content (AvgIpc) is 2.03. The van der Waals surface area contributed by atoms with Gasteiger partial charge in [-0.3, -0.25) is 5.32 Å². The normalized spacial score (nSPS) is 9.30. The molecule has 0 N–H and O–H groups in total. The zero-order valence-corrected chi connectivity index (χ0v) is 5.95. The van der Waals surface area contributed by atoms with Crippen LogP contribution in [0.3, 0.4) is 0 Å². The lowest BCUT2D eigenvalue weighted by Gasteiger charge is -1.98. The molecule has 1 radical (unpaired) electrons. The third-order valence-electron chi connectivity index (χ3n) is 1.13. The van der Waals surface area contributed by atoms with Crippen LogP contribution in [0.15, 0.2) is 30.3 Å². The van der Waals surface area contributed by atoms with Gasteiger partial charge in [-0.2, -0.15) is 0 Å². The highest BCUT2D eigenvalue weighted by Gasteiger charge is 1.87. The maximum absolute atomic E-state index is 4.78. The fourth-order valence-corrected chi connectivity index (χ4v) is 0.672. The molecular weight excluding hydrogens is 126 g/mol. The standard InChI is InChI=1S/C8H10NO/c1-10-7-9-8-5-3-2-4-6-8/h2-6H,7H2,1H3. The van der Waals surface area contributed by atoms with Gasteiger partial charge in [-0.1, -0.05) is 18.2 Å². The lowest BCUT2D eigenvalue weighted by molar-refractivity contribution is 0.187. The Morgan fingerprint density at radius 3 is 2.60 bits per heavy atom. The number of ether oxygens (including phenoxy) is 1. The fraction of sp³-hybridized carbons (Fsp3) is 0.250. The Labute approximate surface area is 60.8 Å². The van der Waals surface area contributed by atoms with E-state index in [4.69, 9.17) is 4.74 Å². The molecule has 0 atom stereocenters. The van der Waals surface area contributed by atoms with E-state index in [9.17, 15) is 0 Å². The molecule has 0 saturated carbocycles. The molecule has 10 heavy (non-hydrogen) atoms. The first-order chi connectivity index (χ1) is 4.93. The van der Waals surface area contributed by atoms with Gasteiger partial charge in [-0.25, -0.2) is 0 Å². The Morgan fingerprint density at radius 2 is 2.00 bits per heavy atom. The SMILES string of the molecule is COC[N]c1ccccc1. The molecule has 0 fully saturated rings. The summed E-state index contributed by atoms with van der Waals surface area (Å²) in [5.41, 5.74) is 0.962. The highest BCUT2D eigenvalue weighted by molar-refractivity contribution is 5.34. The minimum absolute atomic E-state index is 0.435. The minimum Gasteiger partial charge on any atom is -0.363 e. The zero-order chi connectivity index (χ0) is 7.23. The Balaban J connectivity index is 2.43. The number of methoxy groups -OCH3 is 1. The van der Waals surface area contributed by atoms with Gasteiger partial charge in [-0.15, -0.1) is 0 Å². The minimum atomic E-state index is 0.435. The lowest BCUT2D eigenvalue weighted by Crippen LogP contribution is -2.00. The summed E-state index contributed by atoms with van der Waals surface area (Å²) >= 11 is 0. The molecule has 1 rings (SSSR count). The summed E-state index contributed by atoms with van der Waals surface area (Å²) < 4.78 is 4.78. The zero-order valence-electron chi connectivity index (χ0n) is 5.95. The molecule has 0 aliphatic carbocycles. The van der Waals surface area contributed by atoms with E-state index in [1.165, 1.54) is 0 Å². The molecule has 0 spiro atoms. The summed E-state index contributed by atoms with van der Waals surface area (Å²) in [5.74, 6) is 0. The van der Waals surface area contributed by atoms with E-state index >= 15 is 0 Å². The molecule has 0 aliphatic heterocycles. The predicted octanol–water partition coefficient (Wildman–Crippen LogP) is 1.53. The van der Waals surface area contributed by atoms with E-state index in [1.807, 2.05) is 30.3 Å². The van der Waals surface area contributed by atoms with Gasteiger partial charge in [0.15, 0.2) is 0 Å². The topological polar surface area (TPSA) is 23.3 Å². The van der Waals surface area contributed by atoms with Crippen molar-refractivity contribution < 1.29 is 4.74 Å². The molecule has 2 heteroatoms. The van der Waals surface area contributed by atoms with Crippen LogP contribution in [0.1, 0.15) is 0 Å². The van der Waals surface area contributed by atoms with Crippen LogP contribution in [0.25, 0.3) is 0 Å². The van der Waals surface area contributed by atoms with Gasteiger partial charge < -0.3 is 4.74 Å². The smallest absolute Gasteiger partial charge is 0.137 e.